The summed E-state index contributed by atoms with van der Waals surface area (Å²) in [6.45, 7) is 1.92. The molecule has 0 radical (unpaired) electrons. The van der Waals surface area contributed by atoms with Crippen molar-refractivity contribution in [2.45, 2.75) is 38.8 Å². The molecule has 0 saturated carbocycles. The Morgan fingerprint density at radius 1 is 1.02 bits per heavy atom. The van der Waals surface area contributed by atoms with Crippen LogP contribution in [0.1, 0.15) is 30.9 Å². The van der Waals surface area contributed by atoms with Crippen LogP contribution in [0.3, 0.4) is 0 Å². The van der Waals surface area contributed by atoms with Crippen LogP contribution in [0.4, 0.5) is 10.1 Å². The van der Waals surface area contributed by atoms with Gasteiger partial charge in [0, 0.05) is 24.0 Å². The first-order chi connectivity index (χ1) is 19.0. The number of sulfonamides is 1. The van der Waals surface area contributed by atoms with E-state index in [4.69, 9.17) is 11.6 Å². The Balaban J connectivity index is 2.03. The Morgan fingerprint density at radius 2 is 1.70 bits per heavy atom. The molecular weight excluding hydrogens is 621 g/mol. The molecule has 0 heterocycles. The Labute approximate surface area is 248 Å². The Bertz CT molecular complexity index is 1410. The van der Waals surface area contributed by atoms with Crippen LogP contribution in [-0.2, 0) is 32.6 Å². The third kappa shape index (κ3) is 9.04. The quantitative estimate of drug-likeness (QED) is 0.245. The highest BCUT2D eigenvalue weighted by Gasteiger charge is 2.33. The number of hydrogen-bond donors (Lipinski definition) is 1. The predicted molar refractivity (Wildman–Crippen MR) is 160 cm³/mol. The van der Waals surface area contributed by atoms with Crippen LogP contribution in [0, 0.1) is 5.82 Å². The molecule has 0 unspecified atom stereocenters. The fourth-order valence-corrected chi connectivity index (χ4v) is 5.38. The minimum atomic E-state index is -3.98. The maximum absolute atomic E-state index is 14.0. The number of rotatable bonds is 13. The molecule has 0 saturated heterocycles. The number of nitrogens with one attached hydrogen (secondary N) is 1. The van der Waals surface area contributed by atoms with Gasteiger partial charge >= 0.3 is 0 Å². The summed E-state index contributed by atoms with van der Waals surface area (Å²) < 4.78 is 41.1. The number of halogens is 3. The van der Waals surface area contributed by atoms with Gasteiger partial charge in [-0.05, 0) is 47.9 Å². The van der Waals surface area contributed by atoms with E-state index in [-0.39, 0.29) is 29.6 Å². The molecule has 0 aromatic heterocycles. The van der Waals surface area contributed by atoms with Gasteiger partial charge in [0.15, 0.2) is 0 Å². The molecule has 1 atom stereocenters. The average Bonchev–Trinajstić information content (AvgIpc) is 2.92. The summed E-state index contributed by atoms with van der Waals surface area (Å²) in [7, 11) is -3.98. The third-order valence-corrected chi connectivity index (χ3v) is 8.20. The van der Waals surface area contributed by atoms with Crippen molar-refractivity contribution in [3.05, 3.63) is 99.2 Å². The van der Waals surface area contributed by atoms with E-state index in [1.807, 2.05) is 61.5 Å². The zero-order valence-corrected chi connectivity index (χ0v) is 25.5. The monoisotopic (exact) mass is 651 g/mol. The molecule has 2 amide bonds. The van der Waals surface area contributed by atoms with Crippen molar-refractivity contribution in [2.75, 3.05) is 23.7 Å². The van der Waals surface area contributed by atoms with Crippen molar-refractivity contribution in [3.8, 4) is 0 Å². The molecule has 3 aromatic rings. The van der Waals surface area contributed by atoms with Gasteiger partial charge in [-0.3, -0.25) is 13.9 Å². The molecule has 0 aliphatic rings. The van der Waals surface area contributed by atoms with Crippen LogP contribution >= 0.6 is 27.5 Å². The molecular formula is C29H32BrClFN3O4S. The first-order valence-corrected chi connectivity index (χ1v) is 15.8. The fraction of sp³-hybridized carbons (Fsp3) is 0.310. The van der Waals surface area contributed by atoms with Crippen LogP contribution in [-0.4, -0.2) is 50.5 Å². The molecule has 1 N–H and O–H groups in total. The fourth-order valence-electron chi connectivity index (χ4n) is 4.10. The van der Waals surface area contributed by atoms with E-state index in [1.165, 1.54) is 11.0 Å². The van der Waals surface area contributed by atoms with E-state index in [0.29, 0.717) is 6.54 Å². The van der Waals surface area contributed by atoms with Crippen LogP contribution in [0.25, 0.3) is 0 Å². The van der Waals surface area contributed by atoms with Crippen LogP contribution in [0.15, 0.2) is 77.3 Å². The minimum Gasteiger partial charge on any atom is -0.354 e. The van der Waals surface area contributed by atoms with E-state index in [2.05, 4.69) is 21.2 Å². The largest absolute Gasteiger partial charge is 0.354 e. The summed E-state index contributed by atoms with van der Waals surface area (Å²) in [6.07, 6.45) is 2.84. The van der Waals surface area contributed by atoms with Crippen LogP contribution < -0.4 is 9.62 Å². The van der Waals surface area contributed by atoms with Gasteiger partial charge in [-0.15, -0.1) is 0 Å². The maximum atomic E-state index is 14.0. The van der Waals surface area contributed by atoms with Gasteiger partial charge in [0.05, 0.1) is 17.0 Å². The summed E-state index contributed by atoms with van der Waals surface area (Å²) in [4.78, 5) is 28.9. The normalized spacial score (nSPS) is 12.0. The highest BCUT2D eigenvalue weighted by molar-refractivity contribution is 9.10. The summed E-state index contributed by atoms with van der Waals surface area (Å²) in [6, 6.07) is 19.1. The maximum Gasteiger partial charge on any atom is 0.244 e. The van der Waals surface area contributed by atoms with Crippen LogP contribution in [0.2, 0.25) is 5.02 Å². The SMILES string of the molecule is CCCCNC(=O)[C@H](Cc1ccccc1)N(Cc1ccc(Br)cc1)C(=O)CN(c1ccc(F)c(Cl)c1)S(C)(=O)=O. The molecule has 7 nitrogen and oxygen atoms in total. The first-order valence-electron chi connectivity index (χ1n) is 12.8. The highest BCUT2D eigenvalue weighted by atomic mass is 79.9. The number of nitrogens with zero attached hydrogens (tertiary/aromatic N) is 2. The van der Waals surface area contributed by atoms with Crippen molar-refractivity contribution in [1.82, 2.24) is 10.2 Å². The van der Waals surface area contributed by atoms with Crippen molar-refractivity contribution < 1.29 is 22.4 Å². The lowest BCUT2D eigenvalue weighted by Gasteiger charge is -2.33. The Kier molecular flexibility index (Phi) is 11.5. The molecule has 0 bridgehead atoms. The predicted octanol–water partition coefficient (Wildman–Crippen LogP) is 5.56. The number of carbonyl (C=O) groups excluding carboxylic acids is 2. The lowest BCUT2D eigenvalue weighted by Crippen LogP contribution is -2.53. The molecule has 0 aliphatic heterocycles. The highest BCUT2D eigenvalue weighted by Crippen LogP contribution is 2.25. The number of unbranched alkanes of at least 4 members (excludes halogenated alkanes) is 1. The van der Waals surface area contributed by atoms with Gasteiger partial charge in [-0.1, -0.05) is 83.3 Å². The van der Waals surface area contributed by atoms with Crippen molar-refractivity contribution in [1.29, 1.82) is 0 Å². The molecule has 40 heavy (non-hydrogen) atoms. The zero-order valence-electron chi connectivity index (χ0n) is 22.3. The Morgan fingerprint density at radius 3 is 2.30 bits per heavy atom. The molecule has 0 fully saturated rings. The standard InChI is InChI=1S/C29H32BrClFN3O4S/c1-3-4-16-33-29(37)27(17-21-8-6-5-7-9-21)34(19-22-10-12-23(30)13-11-22)28(36)20-35(40(2,38)39)24-14-15-26(32)25(31)18-24/h5-15,18,27H,3-4,16-17,19-20H2,1-2H3,(H,33,37)/t27-/m0/s1. The second-order valence-corrected chi connectivity index (χ2v) is 12.6. The molecule has 0 aliphatic carbocycles. The van der Waals surface area contributed by atoms with Gasteiger partial charge in [0.25, 0.3) is 0 Å². The number of amides is 2. The number of hydrogen-bond acceptors (Lipinski definition) is 4. The number of benzene rings is 3. The zero-order chi connectivity index (χ0) is 29.3. The van der Waals surface area contributed by atoms with Gasteiger partial charge in [0.1, 0.15) is 18.4 Å². The van der Waals surface area contributed by atoms with E-state index < -0.39 is 34.3 Å². The number of carbonyl (C=O) groups is 2. The summed E-state index contributed by atoms with van der Waals surface area (Å²) in [5.74, 6) is -1.65. The Hall–Kier alpha value is -2.95. The van der Waals surface area contributed by atoms with Gasteiger partial charge in [-0.2, -0.15) is 0 Å². The van der Waals surface area contributed by atoms with E-state index in [1.54, 1.807) is 0 Å². The average molecular weight is 653 g/mol. The smallest absolute Gasteiger partial charge is 0.244 e. The molecule has 0 spiro atoms. The molecule has 214 valence electrons. The molecule has 3 aromatic carbocycles. The van der Waals surface area contributed by atoms with Gasteiger partial charge < -0.3 is 10.2 Å². The topological polar surface area (TPSA) is 86.8 Å². The van der Waals surface area contributed by atoms with E-state index in [9.17, 15) is 22.4 Å². The molecule has 3 rings (SSSR count). The van der Waals surface area contributed by atoms with Gasteiger partial charge in [0.2, 0.25) is 21.8 Å². The lowest BCUT2D eigenvalue weighted by atomic mass is 10.0. The molecule has 11 heteroatoms. The first kappa shape index (κ1) is 31.6. The number of anilines is 1. The minimum absolute atomic E-state index is 0.0397. The van der Waals surface area contributed by atoms with Crippen molar-refractivity contribution >= 4 is 55.1 Å². The summed E-state index contributed by atoms with van der Waals surface area (Å²) >= 11 is 9.33. The third-order valence-electron chi connectivity index (χ3n) is 6.24. The van der Waals surface area contributed by atoms with Crippen molar-refractivity contribution in [2.24, 2.45) is 0 Å². The second kappa shape index (κ2) is 14.6. The van der Waals surface area contributed by atoms with Gasteiger partial charge in [-0.25, -0.2) is 12.8 Å². The summed E-state index contributed by atoms with van der Waals surface area (Å²) in [5.41, 5.74) is 1.64. The van der Waals surface area contributed by atoms with Crippen molar-refractivity contribution in [3.63, 3.8) is 0 Å². The lowest BCUT2D eigenvalue weighted by molar-refractivity contribution is -0.140. The summed E-state index contributed by atoms with van der Waals surface area (Å²) in [5, 5.41) is 2.66. The van der Waals surface area contributed by atoms with E-state index in [0.717, 1.165) is 51.1 Å². The second-order valence-electron chi connectivity index (χ2n) is 9.37. The van der Waals surface area contributed by atoms with E-state index >= 15 is 0 Å². The van der Waals surface area contributed by atoms with Crippen LogP contribution in [0.5, 0.6) is 0 Å².